The van der Waals surface area contributed by atoms with Crippen LogP contribution in [0.25, 0.3) is 0 Å². The normalized spacial score (nSPS) is 18.2. The molecule has 1 aliphatic rings. The van der Waals surface area contributed by atoms with E-state index >= 15 is 0 Å². The SMILES string of the molecule is CCC(CNC(=O)N1CCC(O)(CN(C)C)CC1)Cc1ccccc1. The molecule has 0 bridgehead atoms. The fraction of sp³-hybridized carbons (Fsp3) is 0.650. The van der Waals surface area contributed by atoms with E-state index in [2.05, 4.69) is 36.5 Å². The second kappa shape index (κ2) is 9.20. The van der Waals surface area contributed by atoms with Crippen molar-refractivity contribution in [3.05, 3.63) is 35.9 Å². The van der Waals surface area contributed by atoms with Gasteiger partial charge in [0.15, 0.2) is 0 Å². The number of amides is 2. The zero-order valence-corrected chi connectivity index (χ0v) is 15.9. The molecule has 1 atom stereocenters. The van der Waals surface area contributed by atoms with Crippen molar-refractivity contribution < 1.29 is 9.90 Å². The van der Waals surface area contributed by atoms with Gasteiger partial charge < -0.3 is 20.2 Å². The summed E-state index contributed by atoms with van der Waals surface area (Å²) in [7, 11) is 3.93. The van der Waals surface area contributed by atoms with Gasteiger partial charge in [-0.2, -0.15) is 0 Å². The molecule has 1 heterocycles. The topological polar surface area (TPSA) is 55.8 Å². The molecule has 25 heavy (non-hydrogen) atoms. The van der Waals surface area contributed by atoms with Crippen LogP contribution in [-0.4, -0.2) is 66.8 Å². The smallest absolute Gasteiger partial charge is 0.317 e. The Kier molecular flexibility index (Phi) is 7.26. The summed E-state index contributed by atoms with van der Waals surface area (Å²) in [6.45, 7) is 4.75. The molecule has 1 saturated heterocycles. The third-order valence-electron chi connectivity index (χ3n) is 5.08. The number of likely N-dealkylation sites (N-methyl/N-ethyl adjacent to an activating group) is 1. The average molecular weight is 348 g/mol. The highest BCUT2D eigenvalue weighted by Gasteiger charge is 2.34. The fourth-order valence-corrected chi connectivity index (χ4v) is 3.52. The summed E-state index contributed by atoms with van der Waals surface area (Å²) in [4.78, 5) is 16.3. The lowest BCUT2D eigenvalue weighted by atomic mass is 9.91. The van der Waals surface area contributed by atoms with Crippen molar-refractivity contribution in [1.29, 1.82) is 0 Å². The Morgan fingerprint density at radius 2 is 1.92 bits per heavy atom. The summed E-state index contributed by atoms with van der Waals surface area (Å²) in [5.41, 5.74) is 0.648. The van der Waals surface area contributed by atoms with Crippen LogP contribution in [0.2, 0.25) is 0 Å². The Morgan fingerprint density at radius 1 is 1.28 bits per heavy atom. The minimum Gasteiger partial charge on any atom is -0.388 e. The first-order valence-corrected chi connectivity index (χ1v) is 9.35. The van der Waals surface area contributed by atoms with Crippen LogP contribution in [0.1, 0.15) is 31.7 Å². The van der Waals surface area contributed by atoms with Gasteiger partial charge in [0.1, 0.15) is 0 Å². The molecule has 0 saturated carbocycles. The number of rotatable bonds is 7. The van der Waals surface area contributed by atoms with Crippen molar-refractivity contribution in [3.63, 3.8) is 0 Å². The molecule has 2 rings (SSSR count). The second-order valence-corrected chi connectivity index (χ2v) is 7.60. The van der Waals surface area contributed by atoms with E-state index in [-0.39, 0.29) is 6.03 Å². The van der Waals surface area contributed by atoms with Crippen LogP contribution in [0.4, 0.5) is 4.79 Å². The lowest BCUT2D eigenvalue weighted by molar-refractivity contribution is -0.0293. The summed E-state index contributed by atoms with van der Waals surface area (Å²) < 4.78 is 0. The van der Waals surface area contributed by atoms with Crippen LogP contribution >= 0.6 is 0 Å². The van der Waals surface area contributed by atoms with Gasteiger partial charge in [0.2, 0.25) is 0 Å². The van der Waals surface area contributed by atoms with Crippen LogP contribution in [0.5, 0.6) is 0 Å². The van der Waals surface area contributed by atoms with Gasteiger partial charge in [-0.1, -0.05) is 43.7 Å². The number of hydrogen-bond donors (Lipinski definition) is 2. The molecule has 0 radical (unpaired) electrons. The van der Waals surface area contributed by atoms with E-state index in [1.54, 1.807) is 0 Å². The molecule has 5 heteroatoms. The second-order valence-electron chi connectivity index (χ2n) is 7.60. The molecule has 2 N–H and O–H groups in total. The van der Waals surface area contributed by atoms with Crippen molar-refractivity contribution in [2.45, 2.75) is 38.2 Å². The molecule has 5 nitrogen and oxygen atoms in total. The molecule has 2 amide bonds. The highest BCUT2D eigenvalue weighted by Crippen LogP contribution is 2.23. The van der Waals surface area contributed by atoms with Gasteiger partial charge >= 0.3 is 6.03 Å². The summed E-state index contributed by atoms with van der Waals surface area (Å²) in [6, 6.07) is 10.4. The predicted octanol–water partition coefficient (Wildman–Crippen LogP) is 2.35. The molecule has 0 aromatic heterocycles. The van der Waals surface area contributed by atoms with Gasteiger partial charge in [0, 0.05) is 26.2 Å². The van der Waals surface area contributed by atoms with Crippen molar-refractivity contribution >= 4 is 6.03 Å². The maximum atomic E-state index is 12.4. The average Bonchev–Trinajstić information content (AvgIpc) is 2.58. The third-order valence-corrected chi connectivity index (χ3v) is 5.08. The Balaban J connectivity index is 1.76. The number of piperidine rings is 1. The molecule has 0 aliphatic carbocycles. The van der Waals surface area contributed by atoms with Gasteiger partial charge in [0.25, 0.3) is 0 Å². The zero-order chi connectivity index (χ0) is 18.3. The third kappa shape index (κ3) is 6.33. The van der Waals surface area contributed by atoms with E-state index in [0.717, 1.165) is 12.8 Å². The first kappa shape index (κ1) is 19.7. The van der Waals surface area contributed by atoms with Crippen molar-refractivity contribution in [3.8, 4) is 0 Å². The number of carbonyl (C=O) groups excluding carboxylic acids is 1. The zero-order valence-electron chi connectivity index (χ0n) is 15.9. The number of likely N-dealkylation sites (tertiary alicyclic amines) is 1. The molecule has 1 aromatic rings. The fourth-order valence-electron chi connectivity index (χ4n) is 3.52. The number of urea groups is 1. The van der Waals surface area contributed by atoms with Crippen LogP contribution in [0.3, 0.4) is 0 Å². The Labute approximate surface area is 152 Å². The van der Waals surface area contributed by atoms with Crippen molar-refractivity contribution in [2.24, 2.45) is 5.92 Å². The molecule has 1 aliphatic heterocycles. The van der Waals surface area contributed by atoms with Gasteiger partial charge in [-0.25, -0.2) is 4.79 Å². The maximum Gasteiger partial charge on any atom is 0.317 e. The molecule has 1 aromatic carbocycles. The quantitative estimate of drug-likeness (QED) is 0.796. The van der Waals surface area contributed by atoms with E-state index in [0.29, 0.717) is 44.9 Å². The van der Waals surface area contributed by atoms with E-state index < -0.39 is 5.60 Å². The van der Waals surface area contributed by atoms with Gasteiger partial charge in [-0.05, 0) is 44.8 Å². The number of nitrogens with one attached hydrogen (secondary N) is 1. The van der Waals surface area contributed by atoms with Crippen LogP contribution in [0.15, 0.2) is 30.3 Å². The van der Waals surface area contributed by atoms with E-state index in [4.69, 9.17) is 0 Å². The lowest BCUT2D eigenvalue weighted by Gasteiger charge is -2.39. The summed E-state index contributed by atoms with van der Waals surface area (Å²) in [6.07, 6.45) is 3.30. The number of benzene rings is 1. The number of aliphatic hydroxyl groups is 1. The molecule has 140 valence electrons. The predicted molar refractivity (Wildman–Crippen MR) is 102 cm³/mol. The van der Waals surface area contributed by atoms with Crippen LogP contribution in [-0.2, 0) is 6.42 Å². The molecule has 1 unspecified atom stereocenters. The molecule has 1 fully saturated rings. The van der Waals surface area contributed by atoms with Crippen molar-refractivity contribution in [2.75, 3.05) is 40.3 Å². The lowest BCUT2D eigenvalue weighted by Crippen LogP contribution is -2.53. The standard InChI is InChI=1S/C20H33N3O2/c1-4-17(14-18-8-6-5-7-9-18)15-21-19(24)23-12-10-20(25,11-13-23)16-22(2)3/h5-9,17,25H,4,10-16H2,1-3H3,(H,21,24). The van der Waals surface area contributed by atoms with Crippen LogP contribution in [0, 0.1) is 5.92 Å². The summed E-state index contributed by atoms with van der Waals surface area (Å²) in [5.74, 6) is 0.446. The van der Waals surface area contributed by atoms with Crippen LogP contribution < -0.4 is 5.32 Å². The van der Waals surface area contributed by atoms with Crippen molar-refractivity contribution in [1.82, 2.24) is 15.1 Å². The van der Waals surface area contributed by atoms with E-state index in [9.17, 15) is 9.90 Å². The summed E-state index contributed by atoms with van der Waals surface area (Å²) >= 11 is 0. The minimum absolute atomic E-state index is 0.00147. The Bertz CT molecular complexity index is 525. The van der Waals surface area contributed by atoms with E-state index in [1.165, 1.54) is 5.56 Å². The Morgan fingerprint density at radius 3 is 2.48 bits per heavy atom. The number of hydrogen-bond acceptors (Lipinski definition) is 3. The molecular weight excluding hydrogens is 314 g/mol. The Hall–Kier alpha value is -1.59. The monoisotopic (exact) mass is 347 g/mol. The largest absolute Gasteiger partial charge is 0.388 e. The number of carbonyl (C=O) groups is 1. The minimum atomic E-state index is -0.667. The first-order valence-electron chi connectivity index (χ1n) is 9.35. The molecule has 0 spiro atoms. The van der Waals surface area contributed by atoms with E-state index in [1.807, 2.05) is 30.0 Å². The van der Waals surface area contributed by atoms with Gasteiger partial charge in [-0.3, -0.25) is 0 Å². The number of nitrogens with zero attached hydrogens (tertiary/aromatic N) is 2. The summed E-state index contributed by atoms with van der Waals surface area (Å²) in [5, 5.41) is 13.6. The highest BCUT2D eigenvalue weighted by molar-refractivity contribution is 5.74. The highest BCUT2D eigenvalue weighted by atomic mass is 16.3. The maximum absolute atomic E-state index is 12.4. The van der Waals surface area contributed by atoms with Gasteiger partial charge in [0.05, 0.1) is 5.60 Å². The molecular formula is C20H33N3O2. The van der Waals surface area contributed by atoms with Gasteiger partial charge in [-0.15, -0.1) is 0 Å². The first-order chi connectivity index (χ1) is 11.9.